The summed E-state index contributed by atoms with van der Waals surface area (Å²) < 4.78 is 0. The van der Waals surface area contributed by atoms with Crippen LogP contribution in [0.4, 0.5) is 0 Å². The first kappa shape index (κ1) is 10.3. The minimum Gasteiger partial charge on any atom is -0.330 e. The van der Waals surface area contributed by atoms with E-state index in [-0.39, 0.29) is 5.41 Å². The van der Waals surface area contributed by atoms with Crippen molar-refractivity contribution in [2.75, 3.05) is 6.54 Å². The van der Waals surface area contributed by atoms with Crippen LogP contribution in [0.3, 0.4) is 0 Å². The molecule has 0 spiro atoms. The molecule has 2 bridgehead atoms. The predicted octanol–water partition coefficient (Wildman–Crippen LogP) is 3.17. The maximum absolute atomic E-state index is 5.90. The molecule has 2 aromatic carbocycles. The second-order valence-corrected chi connectivity index (χ2v) is 5.55. The van der Waals surface area contributed by atoms with Crippen LogP contribution in [0, 0.1) is 0 Å². The molecule has 0 unspecified atom stereocenters. The van der Waals surface area contributed by atoms with Crippen molar-refractivity contribution in [3.05, 3.63) is 70.8 Å². The Morgan fingerprint density at radius 1 is 0.944 bits per heavy atom. The number of fused-ring (bicyclic) bond motifs is 8. The van der Waals surface area contributed by atoms with Crippen LogP contribution in [-0.4, -0.2) is 6.54 Å². The minimum atomic E-state index is 0.201. The Labute approximate surface area is 108 Å². The first-order valence-electron chi connectivity index (χ1n) is 6.76. The molecule has 0 amide bonds. The smallest absolute Gasteiger partial charge is 0.0229 e. The lowest BCUT2D eigenvalue weighted by atomic mass is 9.73. The van der Waals surface area contributed by atoms with Crippen molar-refractivity contribution in [2.24, 2.45) is 5.73 Å². The third kappa shape index (κ3) is 1.06. The average molecular weight is 235 g/mol. The molecule has 2 N–H and O–H groups in total. The number of benzene rings is 2. The van der Waals surface area contributed by atoms with Crippen LogP contribution in [0.2, 0.25) is 0 Å². The lowest BCUT2D eigenvalue weighted by Gasteiger charge is -2.31. The van der Waals surface area contributed by atoms with Gasteiger partial charge < -0.3 is 5.73 Å². The van der Waals surface area contributed by atoms with E-state index in [1.807, 2.05) is 0 Å². The third-order valence-corrected chi connectivity index (χ3v) is 4.83. The quantitative estimate of drug-likeness (QED) is 0.850. The SMILES string of the molecule is NCCC12CC(c3ccccc31)c1ccccc12. The van der Waals surface area contributed by atoms with Gasteiger partial charge in [-0.15, -0.1) is 0 Å². The monoisotopic (exact) mass is 235 g/mol. The van der Waals surface area contributed by atoms with E-state index in [1.165, 1.54) is 28.7 Å². The molecular formula is C17H17N. The number of rotatable bonds is 2. The molecule has 1 nitrogen and oxygen atoms in total. The molecule has 0 radical (unpaired) electrons. The highest BCUT2D eigenvalue weighted by Crippen LogP contribution is 2.61. The summed E-state index contributed by atoms with van der Waals surface area (Å²) in [5.41, 5.74) is 12.2. The van der Waals surface area contributed by atoms with Crippen LogP contribution in [0.5, 0.6) is 0 Å². The van der Waals surface area contributed by atoms with Crippen molar-refractivity contribution >= 4 is 0 Å². The topological polar surface area (TPSA) is 26.0 Å². The number of hydrogen-bond acceptors (Lipinski definition) is 1. The highest BCUT2D eigenvalue weighted by atomic mass is 14.6. The Kier molecular flexibility index (Phi) is 1.98. The van der Waals surface area contributed by atoms with E-state index in [0.29, 0.717) is 5.92 Å². The van der Waals surface area contributed by atoms with E-state index in [1.54, 1.807) is 0 Å². The van der Waals surface area contributed by atoms with Gasteiger partial charge in [-0.25, -0.2) is 0 Å². The molecule has 18 heavy (non-hydrogen) atoms. The Balaban J connectivity index is 2.02. The van der Waals surface area contributed by atoms with Crippen LogP contribution < -0.4 is 5.73 Å². The fourth-order valence-corrected chi connectivity index (χ4v) is 4.19. The summed E-state index contributed by atoms with van der Waals surface area (Å²) in [5, 5.41) is 0. The average Bonchev–Trinajstić information content (AvgIpc) is 2.92. The standard InChI is InChI=1S/C17H17N/c18-10-9-17-11-14(12-5-1-3-7-15(12)17)13-6-2-4-8-16(13)17/h1-8,14H,9-11,18H2. The van der Waals surface area contributed by atoms with Gasteiger partial charge in [0.1, 0.15) is 0 Å². The van der Waals surface area contributed by atoms with Gasteiger partial charge in [-0.3, -0.25) is 0 Å². The molecule has 90 valence electrons. The molecule has 0 saturated carbocycles. The zero-order valence-electron chi connectivity index (χ0n) is 10.4. The van der Waals surface area contributed by atoms with E-state index in [4.69, 9.17) is 5.73 Å². The molecule has 0 aromatic heterocycles. The molecule has 0 aliphatic heterocycles. The molecule has 0 saturated heterocycles. The highest BCUT2D eigenvalue weighted by molar-refractivity contribution is 5.62. The van der Waals surface area contributed by atoms with E-state index in [0.717, 1.165) is 13.0 Å². The summed E-state index contributed by atoms with van der Waals surface area (Å²) in [4.78, 5) is 0. The normalized spacial score (nSPS) is 27.1. The second kappa shape index (κ2) is 3.46. The highest BCUT2D eigenvalue weighted by Gasteiger charge is 2.51. The maximum Gasteiger partial charge on any atom is 0.0229 e. The van der Waals surface area contributed by atoms with E-state index >= 15 is 0 Å². The molecular weight excluding hydrogens is 218 g/mol. The van der Waals surface area contributed by atoms with Crippen LogP contribution in [-0.2, 0) is 5.41 Å². The van der Waals surface area contributed by atoms with Gasteiger partial charge in [-0.1, -0.05) is 48.5 Å². The zero-order valence-corrected chi connectivity index (χ0v) is 10.4. The van der Waals surface area contributed by atoms with Gasteiger partial charge in [0.25, 0.3) is 0 Å². The van der Waals surface area contributed by atoms with Crippen LogP contribution >= 0.6 is 0 Å². The third-order valence-electron chi connectivity index (χ3n) is 4.83. The Bertz CT molecular complexity index is 567. The first-order valence-corrected chi connectivity index (χ1v) is 6.76. The molecule has 2 aromatic rings. The predicted molar refractivity (Wildman–Crippen MR) is 73.8 cm³/mol. The van der Waals surface area contributed by atoms with Gasteiger partial charge in [0.15, 0.2) is 0 Å². The summed E-state index contributed by atoms with van der Waals surface area (Å²) in [6.07, 6.45) is 2.29. The van der Waals surface area contributed by atoms with Crippen molar-refractivity contribution in [3.63, 3.8) is 0 Å². The maximum atomic E-state index is 5.90. The largest absolute Gasteiger partial charge is 0.330 e. The zero-order chi connectivity index (χ0) is 12.2. The van der Waals surface area contributed by atoms with Crippen molar-refractivity contribution in [2.45, 2.75) is 24.2 Å². The van der Waals surface area contributed by atoms with Gasteiger partial charge in [-0.2, -0.15) is 0 Å². The summed E-state index contributed by atoms with van der Waals surface area (Å²) >= 11 is 0. The van der Waals surface area contributed by atoms with Gasteiger partial charge >= 0.3 is 0 Å². The van der Waals surface area contributed by atoms with Gasteiger partial charge in [0.05, 0.1) is 0 Å². The summed E-state index contributed by atoms with van der Waals surface area (Å²) in [5.74, 6) is 0.601. The first-order chi connectivity index (χ1) is 8.87. The van der Waals surface area contributed by atoms with Gasteiger partial charge in [-0.05, 0) is 41.6 Å². The van der Waals surface area contributed by atoms with Gasteiger partial charge in [0.2, 0.25) is 0 Å². The minimum absolute atomic E-state index is 0.201. The lowest BCUT2D eigenvalue weighted by Crippen LogP contribution is -2.27. The molecule has 1 heteroatoms. The van der Waals surface area contributed by atoms with Crippen molar-refractivity contribution in [1.29, 1.82) is 0 Å². The lowest BCUT2D eigenvalue weighted by molar-refractivity contribution is 0.495. The molecule has 4 rings (SSSR count). The van der Waals surface area contributed by atoms with Crippen molar-refractivity contribution in [1.82, 2.24) is 0 Å². The Hall–Kier alpha value is -1.60. The summed E-state index contributed by atoms with van der Waals surface area (Å²) in [6, 6.07) is 17.9. The molecule has 0 atom stereocenters. The fourth-order valence-electron chi connectivity index (χ4n) is 4.19. The molecule has 0 fully saturated rings. The Morgan fingerprint density at radius 3 is 2.06 bits per heavy atom. The summed E-state index contributed by atoms with van der Waals surface area (Å²) in [6.45, 7) is 0.759. The molecule has 2 aliphatic rings. The number of hydrogen-bond donors (Lipinski definition) is 1. The van der Waals surface area contributed by atoms with E-state index in [9.17, 15) is 0 Å². The van der Waals surface area contributed by atoms with Crippen molar-refractivity contribution in [3.8, 4) is 0 Å². The van der Waals surface area contributed by atoms with E-state index in [2.05, 4.69) is 48.5 Å². The molecule has 0 heterocycles. The second-order valence-electron chi connectivity index (χ2n) is 5.55. The fraction of sp³-hybridized carbons (Fsp3) is 0.294. The Morgan fingerprint density at radius 2 is 1.50 bits per heavy atom. The van der Waals surface area contributed by atoms with Crippen molar-refractivity contribution < 1.29 is 0 Å². The van der Waals surface area contributed by atoms with Crippen LogP contribution in [0.25, 0.3) is 0 Å². The van der Waals surface area contributed by atoms with E-state index < -0.39 is 0 Å². The van der Waals surface area contributed by atoms with Crippen LogP contribution in [0.1, 0.15) is 41.0 Å². The summed E-state index contributed by atoms with van der Waals surface area (Å²) in [7, 11) is 0. The van der Waals surface area contributed by atoms with Gasteiger partial charge in [0, 0.05) is 11.3 Å². The number of nitrogens with two attached hydrogens (primary N) is 1. The van der Waals surface area contributed by atoms with Crippen LogP contribution in [0.15, 0.2) is 48.5 Å². The molecule has 2 aliphatic carbocycles.